The minimum atomic E-state index is 0.0438. The standard InChI is InChI=1S/C10H23N3O2/c1-3-5-13(9-10(14)12-2)6-8-15-7-4-11/h3-9,11H2,1-2H3,(H,12,14). The molecule has 0 aliphatic heterocycles. The van der Waals surface area contributed by atoms with Crippen LogP contribution in [0.3, 0.4) is 0 Å². The topological polar surface area (TPSA) is 67.6 Å². The molecule has 0 aromatic heterocycles. The number of ether oxygens (including phenoxy) is 1. The van der Waals surface area contributed by atoms with Gasteiger partial charge in [-0.1, -0.05) is 6.92 Å². The van der Waals surface area contributed by atoms with Crippen LogP contribution < -0.4 is 11.1 Å². The predicted molar refractivity (Wildman–Crippen MR) is 60.7 cm³/mol. The Labute approximate surface area is 91.9 Å². The van der Waals surface area contributed by atoms with Crippen LogP contribution in [0, 0.1) is 0 Å². The Morgan fingerprint density at radius 1 is 1.40 bits per heavy atom. The van der Waals surface area contributed by atoms with Gasteiger partial charge in [0.15, 0.2) is 0 Å². The van der Waals surface area contributed by atoms with E-state index in [1.807, 2.05) is 0 Å². The molecule has 0 atom stereocenters. The summed E-state index contributed by atoms with van der Waals surface area (Å²) in [6.45, 7) is 5.99. The smallest absolute Gasteiger partial charge is 0.233 e. The summed E-state index contributed by atoms with van der Waals surface area (Å²) in [5, 5.41) is 2.61. The lowest BCUT2D eigenvalue weighted by Gasteiger charge is -2.20. The zero-order valence-electron chi connectivity index (χ0n) is 9.79. The van der Waals surface area contributed by atoms with Crippen molar-refractivity contribution in [3.05, 3.63) is 0 Å². The Morgan fingerprint density at radius 3 is 2.67 bits per heavy atom. The average molecular weight is 217 g/mol. The van der Waals surface area contributed by atoms with Crippen LogP contribution in [-0.4, -0.2) is 57.2 Å². The van der Waals surface area contributed by atoms with E-state index < -0.39 is 0 Å². The first-order valence-electron chi connectivity index (χ1n) is 5.45. The first-order chi connectivity index (χ1) is 7.24. The molecule has 0 fully saturated rings. The predicted octanol–water partition coefficient (Wildman–Crippen LogP) is -0.580. The van der Waals surface area contributed by atoms with E-state index in [4.69, 9.17) is 10.5 Å². The van der Waals surface area contributed by atoms with Crippen molar-refractivity contribution in [1.29, 1.82) is 0 Å². The van der Waals surface area contributed by atoms with Crippen LogP contribution >= 0.6 is 0 Å². The van der Waals surface area contributed by atoms with E-state index in [0.29, 0.717) is 26.3 Å². The molecule has 15 heavy (non-hydrogen) atoms. The fourth-order valence-corrected chi connectivity index (χ4v) is 1.25. The van der Waals surface area contributed by atoms with E-state index in [1.165, 1.54) is 0 Å². The van der Waals surface area contributed by atoms with Crippen LogP contribution in [0.15, 0.2) is 0 Å². The molecule has 0 aromatic rings. The van der Waals surface area contributed by atoms with Gasteiger partial charge in [-0.2, -0.15) is 0 Å². The quantitative estimate of drug-likeness (QED) is 0.507. The Morgan fingerprint density at radius 2 is 2.13 bits per heavy atom. The molecule has 1 amide bonds. The van der Waals surface area contributed by atoms with Gasteiger partial charge in [0.05, 0.1) is 19.8 Å². The minimum absolute atomic E-state index is 0.0438. The fraction of sp³-hybridized carbons (Fsp3) is 0.900. The lowest BCUT2D eigenvalue weighted by molar-refractivity contribution is -0.121. The van der Waals surface area contributed by atoms with Gasteiger partial charge >= 0.3 is 0 Å². The van der Waals surface area contributed by atoms with E-state index in [1.54, 1.807) is 7.05 Å². The van der Waals surface area contributed by atoms with Gasteiger partial charge in [0.25, 0.3) is 0 Å². The van der Waals surface area contributed by atoms with Crippen LogP contribution in [0.5, 0.6) is 0 Å². The van der Waals surface area contributed by atoms with Crippen LogP contribution in [-0.2, 0) is 9.53 Å². The zero-order chi connectivity index (χ0) is 11.5. The van der Waals surface area contributed by atoms with Crippen molar-refractivity contribution in [1.82, 2.24) is 10.2 Å². The number of amides is 1. The molecule has 0 aliphatic rings. The summed E-state index contributed by atoms with van der Waals surface area (Å²) in [7, 11) is 1.65. The van der Waals surface area contributed by atoms with Crippen molar-refractivity contribution in [3.8, 4) is 0 Å². The minimum Gasteiger partial charge on any atom is -0.379 e. The molecule has 0 saturated carbocycles. The van der Waals surface area contributed by atoms with Gasteiger partial charge in [-0.3, -0.25) is 9.69 Å². The van der Waals surface area contributed by atoms with Crippen LogP contribution in [0.25, 0.3) is 0 Å². The highest BCUT2D eigenvalue weighted by atomic mass is 16.5. The van der Waals surface area contributed by atoms with Crippen molar-refractivity contribution in [3.63, 3.8) is 0 Å². The lowest BCUT2D eigenvalue weighted by atomic mass is 10.4. The third-order valence-corrected chi connectivity index (χ3v) is 2.00. The second-order valence-corrected chi connectivity index (χ2v) is 3.35. The van der Waals surface area contributed by atoms with Gasteiger partial charge < -0.3 is 15.8 Å². The molecule has 0 aromatic carbocycles. The van der Waals surface area contributed by atoms with E-state index >= 15 is 0 Å². The molecule has 5 heteroatoms. The second kappa shape index (κ2) is 9.89. The maximum atomic E-state index is 11.2. The summed E-state index contributed by atoms with van der Waals surface area (Å²) in [4.78, 5) is 13.3. The SMILES string of the molecule is CCCN(CCOCCN)CC(=O)NC. The van der Waals surface area contributed by atoms with Crippen molar-refractivity contribution in [2.45, 2.75) is 13.3 Å². The molecular formula is C10H23N3O2. The average Bonchev–Trinajstić information content (AvgIpc) is 2.24. The normalized spacial score (nSPS) is 10.7. The van der Waals surface area contributed by atoms with Gasteiger partial charge in [0, 0.05) is 20.1 Å². The highest BCUT2D eigenvalue weighted by Gasteiger charge is 2.07. The molecule has 0 spiro atoms. The van der Waals surface area contributed by atoms with Crippen LogP contribution in [0.4, 0.5) is 0 Å². The van der Waals surface area contributed by atoms with E-state index in [2.05, 4.69) is 17.1 Å². The lowest BCUT2D eigenvalue weighted by Crippen LogP contribution is -2.38. The van der Waals surface area contributed by atoms with Gasteiger partial charge in [0.1, 0.15) is 0 Å². The maximum Gasteiger partial charge on any atom is 0.233 e. The summed E-state index contributed by atoms with van der Waals surface area (Å²) in [6, 6.07) is 0. The Balaban J connectivity index is 3.67. The number of carbonyl (C=O) groups is 1. The van der Waals surface area contributed by atoms with Gasteiger partial charge in [0.2, 0.25) is 5.91 Å². The van der Waals surface area contributed by atoms with Crippen molar-refractivity contribution < 1.29 is 9.53 Å². The second-order valence-electron chi connectivity index (χ2n) is 3.35. The number of hydrogen-bond acceptors (Lipinski definition) is 4. The number of nitrogens with two attached hydrogens (primary N) is 1. The Hall–Kier alpha value is -0.650. The summed E-state index contributed by atoms with van der Waals surface area (Å²) in [5.74, 6) is 0.0438. The molecule has 0 bridgehead atoms. The fourth-order valence-electron chi connectivity index (χ4n) is 1.25. The first kappa shape index (κ1) is 14.3. The molecule has 0 radical (unpaired) electrons. The third kappa shape index (κ3) is 8.35. The summed E-state index contributed by atoms with van der Waals surface area (Å²) in [6.07, 6.45) is 1.04. The summed E-state index contributed by atoms with van der Waals surface area (Å²) in [5.41, 5.74) is 5.30. The largest absolute Gasteiger partial charge is 0.379 e. The Kier molecular flexibility index (Phi) is 9.46. The summed E-state index contributed by atoms with van der Waals surface area (Å²) < 4.78 is 5.28. The van der Waals surface area contributed by atoms with Crippen LogP contribution in [0.1, 0.15) is 13.3 Å². The monoisotopic (exact) mass is 217 g/mol. The van der Waals surface area contributed by atoms with Crippen molar-refractivity contribution >= 4 is 5.91 Å². The van der Waals surface area contributed by atoms with Crippen molar-refractivity contribution in [2.75, 3.05) is 46.4 Å². The number of rotatable bonds is 9. The zero-order valence-corrected chi connectivity index (χ0v) is 9.79. The molecular weight excluding hydrogens is 194 g/mol. The van der Waals surface area contributed by atoms with E-state index in [0.717, 1.165) is 19.5 Å². The molecule has 0 unspecified atom stereocenters. The number of likely N-dealkylation sites (N-methyl/N-ethyl adjacent to an activating group) is 1. The number of nitrogens with one attached hydrogen (secondary N) is 1. The number of nitrogens with zero attached hydrogens (tertiary/aromatic N) is 1. The van der Waals surface area contributed by atoms with Gasteiger partial charge in [-0.15, -0.1) is 0 Å². The molecule has 0 rings (SSSR count). The van der Waals surface area contributed by atoms with E-state index in [9.17, 15) is 4.79 Å². The van der Waals surface area contributed by atoms with Gasteiger partial charge in [-0.05, 0) is 13.0 Å². The highest BCUT2D eigenvalue weighted by molar-refractivity contribution is 5.77. The molecule has 5 nitrogen and oxygen atoms in total. The molecule has 90 valence electrons. The Bertz CT molecular complexity index is 165. The van der Waals surface area contributed by atoms with E-state index in [-0.39, 0.29) is 5.91 Å². The highest BCUT2D eigenvalue weighted by Crippen LogP contribution is 1.91. The van der Waals surface area contributed by atoms with Gasteiger partial charge in [-0.25, -0.2) is 0 Å². The molecule has 0 aliphatic carbocycles. The number of carbonyl (C=O) groups excluding carboxylic acids is 1. The summed E-state index contributed by atoms with van der Waals surface area (Å²) >= 11 is 0. The third-order valence-electron chi connectivity index (χ3n) is 2.00. The molecule has 0 saturated heterocycles. The van der Waals surface area contributed by atoms with Crippen LogP contribution in [0.2, 0.25) is 0 Å². The number of hydrogen-bond donors (Lipinski definition) is 2. The first-order valence-corrected chi connectivity index (χ1v) is 5.45. The maximum absolute atomic E-state index is 11.2. The molecule has 3 N–H and O–H groups in total. The molecule has 0 heterocycles. The van der Waals surface area contributed by atoms with Crippen molar-refractivity contribution in [2.24, 2.45) is 5.73 Å².